The number of rotatable bonds is 5. The summed E-state index contributed by atoms with van der Waals surface area (Å²) >= 11 is 0. The van der Waals surface area contributed by atoms with Crippen molar-refractivity contribution in [2.24, 2.45) is 0 Å². The summed E-state index contributed by atoms with van der Waals surface area (Å²) in [7, 11) is 1.86. The number of nitrogens with zero attached hydrogens (tertiary/aromatic N) is 4. The van der Waals surface area contributed by atoms with Crippen LogP contribution in [-0.2, 0) is 16.1 Å². The van der Waals surface area contributed by atoms with Crippen LogP contribution in [0.2, 0.25) is 0 Å². The lowest BCUT2D eigenvalue weighted by molar-refractivity contribution is -0.138. The molecule has 3 fully saturated rings. The smallest absolute Gasteiger partial charge is 0.243 e. The summed E-state index contributed by atoms with van der Waals surface area (Å²) in [6.45, 7) is 1.00. The molecule has 6 nitrogen and oxygen atoms in total. The summed E-state index contributed by atoms with van der Waals surface area (Å²) < 4.78 is 2.12. The minimum Gasteiger partial charge on any atom is -0.345 e. The van der Waals surface area contributed by atoms with Gasteiger partial charge in [-0.05, 0) is 37.8 Å². The zero-order valence-electron chi connectivity index (χ0n) is 19.3. The normalized spacial score (nSPS) is 23.2. The van der Waals surface area contributed by atoms with Gasteiger partial charge in [0.1, 0.15) is 12.4 Å². The van der Waals surface area contributed by atoms with E-state index in [1.807, 2.05) is 25.2 Å². The molecule has 5 rings (SSSR count). The Morgan fingerprint density at radius 3 is 2.22 bits per heavy atom. The van der Waals surface area contributed by atoms with Gasteiger partial charge in [0.05, 0.1) is 11.0 Å². The largest absolute Gasteiger partial charge is 0.345 e. The van der Waals surface area contributed by atoms with Gasteiger partial charge in [0.2, 0.25) is 11.8 Å². The van der Waals surface area contributed by atoms with Crippen LogP contribution in [0.25, 0.3) is 11.0 Å². The zero-order chi connectivity index (χ0) is 22.1. The van der Waals surface area contributed by atoms with Crippen molar-refractivity contribution >= 4 is 22.8 Å². The Hall–Kier alpha value is -2.37. The maximum Gasteiger partial charge on any atom is 0.243 e. The first-order chi connectivity index (χ1) is 15.6. The summed E-state index contributed by atoms with van der Waals surface area (Å²) in [6, 6.07) is 8.85. The molecule has 2 aliphatic carbocycles. The van der Waals surface area contributed by atoms with Crippen LogP contribution < -0.4 is 0 Å². The van der Waals surface area contributed by atoms with E-state index in [1.54, 1.807) is 4.90 Å². The number of imidazole rings is 1. The van der Waals surface area contributed by atoms with Gasteiger partial charge in [-0.15, -0.1) is 0 Å². The first-order valence-corrected chi connectivity index (χ1v) is 12.6. The number of aromatic nitrogens is 2. The number of hydrogen-bond acceptors (Lipinski definition) is 3. The second-order valence-electron chi connectivity index (χ2n) is 10.1. The molecule has 172 valence electrons. The molecule has 1 aliphatic heterocycles. The van der Waals surface area contributed by atoms with E-state index in [9.17, 15) is 9.59 Å². The zero-order valence-corrected chi connectivity index (χ0v) is 19.3. The van der Waals surface area contributed by atoms with E-state index >= 15 is 0 Å². The highest BCUT2D eigenvalue weighted by molar-refractivity contribution is 5.83. The van der Waals surface area contributed by atoms with Crippen molar-refractivity contribution in [1.82, 2.24) is 19.4 Å². The molecule has 3 aliphatic rings. The van der Waals surface area contributed by atoms with Crippen molar-refractivity contribution in [3.8, 4) is 0 Å². The summed E-state index contributed by atoms with van der Waals surface area (Å²) in [5.41, 5.74) is 1.92. The lowest BCUT2D eigenvalue weighted by atomic mass is 9.88. The van der Waals surface area contributed by atoms with Crippen LogP contribution in [0, 0.1) is 0 Å². The van der Waals surface area contributed by atoms with Crippen molar-refractivity contribution in [3.05, 3.63) is 30.1 Å². The quantitative estimate of drug-likeness (QED) is 0.695. The third kappa shape index (κ3) is 4.16. The Bertz CT molecular complexity index is 953. The van der Waals surface area contributed by atoms with Gasteiger partial charge in [0.25, 0.3) is 0 Å². The fourth-order valence-corrected chi connectivity index (χ4v) is 6.25. The molecule has 1 unspecified atom stereocenters. The molecule has 0 spiro atoms. The molecule has 1 saturated heterocycles. The van der Waals surface area contributed by atoms with E-state index in [1.165, 1.54) is 38.5 Å². The maximum absolute atomic E-state index is 13.9. The number of carbonyl (C=O) groups excluding carboxylic acids is 2. The van der Waals surface area contributed by atoms with Crippen LogP contribution >= 0.6 is 0 Å². The van der Waals surface area contributed by atoms with Gasteiger partial charge in [-0.3, -0.25) is 9.59 Å². The van der Waals surface area contributed by atoms with E-state index in [2.05, 4.69) is 15.5 Å². The Morgan fingerprint density at radius 1 is 1.00 bits per heavy atom. The van der Waals surface area contributed by atoms with E-state index in [-0.39, 0.29) is 17.7 Å². The van der Waals surface area contributed by atoms with Gasteiger partial charge in [-0.2, -0.15) is 0 Å². The third-order valence-corrected chi connectivity index (χ3v) is 7.91. The van der Waals surface area contributed by atoms with E-state index < -0.39 is 0 Å². The van der Waals surface area contributed by atoms with Crippen LogP contribution in [0.3, 0.4) is 0 Å². The third-order valence-electron chi connectivity index (χ3n) is 7.91. The van der Waals surface area contributed by atoms with Gasteiger partial charge in [0.15, 0.2) is 0 Å². The molecular formula is C26H36N4O2. The van der Waals surface area contributed by atoms with Gasteiger partial charge >= 0.3 is 0 Å². The molecule has 2 amide bonds. The molecule has 1 aromatic heterocycles. The number of benzene rings is 1. The molecule has 0 N–H and O–H groups in total. The molecule has 1 aromatic carbocycles. The second-order valence-corrected chi connectivity index (χ2v) is 10.1. The minimum absolute atomic E-state index is 0.0468. The van der Waals surface area contributed by atoms with Gasteiger partial charge in [-0.1, -0.05) is 50.7 Å². The molecule has 2 saturated carbocycles. The maximum atomic E-state index is 13.9. The molecular weight excluding hydrogens is 400 g/mol. The van der Waals surface area contributed by atoms with E-state index in [0.717, 1.165) is 42.5 Å². The SMILES string of the molecule is CN1CC(c2nc3ccccc3n2CC(=O)N(C2CCCCC2)C2CCCCC2)CC1=O. The van der Waals surface area contributed by atoms with Gasteiger partial charge in [-0.25, -0.2) is 4.98 Å². The molecule has 0 radical (unpaired) electrons. The van der Waals surface area contributed by atoms with Crippen molar-refractivity contribution < 1.29 is 9.59 Å². The Labute approximate surface area is 191 Å². The summed E-state index contributed by atoms with van der Waals surface area (Å²) in [5, 5.41) is 0. The average Bonchev–Trinajstić information content (AvgIpc) is 3.35. The number of likely N-dealkylation sites (tertiary alicyclic amines) is 1. The predicted octanol–water partition coefficient (Wildman–Crippen LogP) is 4.48. The van der Waals surface area contributed by atoms with Crippen LogP contribution in [0.4, 0.5) is 0 Å². The monoisotopic (exact) mass is 436 g/mol. The van der Waals surface area contributed by atoms with Crippen LogP contribution in [0.1, 0.15) is 82.4 Å². The topological polar surface area (TPSA) is 58.4 Å². The summed E-state index contributed by atoms with van der Waals surface area (Å²) in [4.78, 5) is 35.2. The Kier molecular flexibility index (Phi) is 6.20. The summed E-state index contributed by atoms with van der Waals surface area (Å²) in [5.74, 6) is 1.34. The van der Waals surface area contributed by atoms with Gasteiger partial charge in [0, 0.05) is 38.0 Å². The molecule has 1 atom stereocenters. The molecule has 2 aromatic rings. The van der Waals surface area contributed by atoms with Crippen LogP contribution in [0.15, 0.2) is 24.3 Å². The number of carbonyl (C=O) groups is 2. The molecule has 32 heavy (non-hydrogen) atoms. The van der Waals surface area contributed by atoms with Crippen LogP contribution in [-0.4, -0.2) is 56.8 Å². The minimum atomic E-state index is 0.0468. The van der Waals surface area contributed by atoms with Crippen molar-refractivity contribution in [1.29, 1.82) is 0 Å². The predicted molar refractivity (Wildman–Crippen MR) is 125 cm³/mol. The van der Waals surface area contributed by atoms with Crippen molar-refractivity contribution in [3.63, 3.8) is 0 Å². The number of likely N-dealkylation sites (N-methyl/N-ethyl adjacent to an activating group) is 1. The van der Waals surface area contributed by atoms with Crippen LogP contribution in [0.5, 0.6) is 0 Å². The van der Waals surface area contributed by atoms with E-state index in [0.29, 0.717) is 31.6 Å². The highest BCUT2D eigenvalue weighted by Gasteiger charge is 2.35. The molecule has 6 heteroatoms. The lowest BCUT2D eigenvalue weighted by Crippen LogP contribution is -2.50. The molecule has 2 heterocycles. The second kappa shape index (κ2) is 9.24. The van der Waals surface area contributed by atoms with Crippen molar-refractivity contribution in [2.45, 2.75) is 95.2 Å². The fraction of sp³-hybridized carbons (Fsp3) is 0.654. The number of amides is 2. The highest BCUT2D eigenvalue weighted by atomic mass is 16.2. The number of hydrogen-bond donors (Lipinski definition) is 0. The lowest BCUT2D eigenvalue weighted by Gasteiger charge is -2.42. The fourth-order valence-electron chi connectivity index (χ4n) is 6.25. The van der Waals surface area contributed by atoms with E-state index in [4.69, 9.17) is 4.98 Å². The molecule has 0 bridgehead atoms. The Balaban J connectivity index is 1.47. The summed E-state index contributed by atoms with van der Waals surface area (Å²) in [6.07, 6.45) is 12.6. The van der Waals surface area contributed by atoms with Crippen molar-refractivity contribution in [2.75, 3.05) is 13.6 Å². The number of fused-ring (bicyclic) bond motifs is 1. The first kappa shape index (κ1) is 21.5. The standard InChI is InChI=1S/C26H36N4O2/c1-28-17-19(16-24(28)31)26-27-22-14-8-9-15-23(22)29(26)18-25(32)30(20-10-4-2-5-11-20)21-12-6-3-7-13-21/h8-9,14-15,19-21H,2-7,10-13,16-18H2,1H3. The van der Waals surface area contributed by atoms with Gasteiger partial charge < -0.3 is 14.4 Å². The first-order valence-electron chi connectivity index (χ1n) is 12.6. The highest BCUT2D eigenvalue weighted by Crippen LogP contribution is 2.33. The average molecular weight is 437 g/mol. The Morgan fingerprint density at radius 2 is 1.62 bits per heavy atom. The number of para-hydroxylation sites is 2.